The summed E-state index contributed by atoms with van der Waals surface area (Å²) in [5.41, 5.74) is 16.7. The first-order valence-electron chi connectivity index (χ1n) is 10.2. The van der Waals surface area contributed by atoms with E-state index in [4.69, 9.17) is 27.4 Å². The van der Waals surface area contributed by atoms with E-state index in [1.165, 1.54) is 0 Å². The number of carbonyl (C=O) groups is 4. The quantitative estimate of drug-likeness (QED) is 0.0978. The Kier molecular flexibility index (Phi) is 15.2. The number of unbranched alkanes of at least 4 members (excludes halogenated alkanes) is 2. The van der Waals surface area contributed by atoms with Crippen molar-refractivity contribution >= 4 is 23.7 Å². The predicted octanol–water partition coefficient (Wildman–Crippen LogP) is -3.90. The molecule has 0 saturated carbocycles. The first kappa shape index (κ1) is 28.7. The largest absolute Gasteiger partial charge is 0.480 e. The van der Waals surface area contributed by atoms with E-state index in [1.807, 2.05) is 5.32 Å². The second kappa shape index (κ2) is 16.4. The molecule has 0 fully saturated rings. The summed E-state index contributed by atoms with van der Waals surface area (Å²) in [5.74, 6) is -3.76. The fourth-order valence-electron chi connectivity index (χ4n) is 2.60. The SMILES string of the molecule is NCCCCC(N)C(=O)NC(CCCCN)C(=O)NC(CO)C(=O)NC(CO)C(=O)O. The lowest BCUT2D eigenvalue weighted by Crippen LogP contribution is -2.58. The van der Waals surface area contributed by atoms with Crippen LogP contribution in [0.5, 0.6) is 0 Å². The Labute approximate surface area is 181 Å². The summed E-state index contributed by atoms with van der Waals surface area (Å²) in [6, 6.07) is -4.94. The number of aliphatic hydroxyl groups excluding tert-OH is 2. The van der Waals surface area contributed by atoms with Crippen LogP contribution in [0.25, 0.3) is 0 Å². The van der Waals surface area contributed by atoms with E-state index in [0.717, 1.165) is 0 Å². The average molecular weight is 449 g/mol. The van der Waals surface area contributed by atoms with Crippen molar-refractivity contribution in [3.63, 3.8) is 0 Å². The topological polar surface area (TPSA) is 243 Å². The molecule has 4 unspecified atom stereocenters. The third-order valence-electron chi connectivity index (χ3n) is 4.50. The van der Waals surface area contributed by atoms with Crippen LogP contribution in [-0.2, 0) is 19.2 Å². The van der Waals surface area contributed by atoms with Gasteiger partial charge in [0.2, 0.25) is 17.7 Å². The van der Waals surface area contributed by atoms with E-state index in [0.29, 0.717) is 45.2 Å². The van der Waals surface area contributed by atoms with E-state index in [1.54, 1.807) is 0 Å². The van der Waals surface area contributed by atoms with Gasteiger partial charge in [0.05, 0.1) is 19.3 Å². The summed E-state index contributed by atoms with van der Waals surface area (Å²) in [5, 5.41) is 34.2. The number of aliphatic carboxylic acids is 1. The molecule has 13 nitrogen and oxygen atoms in total. The summed E-state index contributed by atoms with van der Waals surface area (Å²) < 4.78 is 0. The maximum atomic E-state index is 12.6. The first-order valence-corrected chi connectivity index (χ1v) is 10.2. The zero-order valence-electron chi connectivity index (χ0n) is 17.6. The number of rotatable bonds is 17. The molecule has 0 bridgehead atoms. The van der Waals surface area contributed by atoms with E-state index in [9.17, 15) is 24.3 Å². The van der Waals surface area contributed by atoms with Gasteiger partial charge in [-0.2, -0.15) is 0 Å². The number of carbonyl (C=O) groups excluding carboxylic acids is 3. The number of carboxylic acids is 1. The average Bonchev–Trinajstić information content (AvgIpc) is 2.74. The zero-order valence-corrected chi connectivity index (χ0v) is 17.6. The second-order valence-corrected chi connectivity index (χ2v) is 7.06. The van der Waals surface area contributed by atoms with Crippen molar-refractivity contribution in [1.29, 1.82) is 0 Å². The Bertz CT molecular complexity index is 578. The fraction of sp³-hybridized carbons (Fsp3) is 0.778. The number of hydrogen-bond donors (Lipinski definition) is 9. The molecule has 0 aromatic rings. The van der Waals surface area contributed by atoms with Crippen LogP contribution in [0.4, 0.5) is 0 Å². The van der Waals surface area contributed by atoms with Gasteiger partial charge in [0.25, 0.3) is 0 Å². The van der Waals surface area contributed by atoms with Crippen molar-refractivity contribution in [3.05, 3.63) is 0 Å². The number of hydrogen-bond acceptors (Lipinski definition) is 9. The zero-order chi connectivity index (χ0) is 23.8. The molecule has 0 aromatic heterocycles. The third-order valence-corrected chi connectivity index (χ3v) is 4.50. The highest BCUT2D eigenvalue weighted by atomic mass is 16.4. The van der Waals surface area contributed by atoms with Gasteiger partial charge in [-0.1, -0.05) is 6.42 Å². The van der Waals surface area contributed by atoms with Gasteiger partial charge in [-0.05, 0) is 45.2 Å². The first-order chi connectivity index (χ1) is 14.7. The molecular weight excluding hydrogens is 412 g/mol. The van der Waals surface area contributed by atoms with Crippen LogP contribution < -0.4 is 33.2 Å². The minimum atomic E-state index is -1.59. The minimum absolute atomic E-state index is 0.221. The molecule has 0 spiro atoms. The molecule has 0 aliphatic heterocycles. The number of aliphatic hydroxyl groups is 2. The summed E-state index contributed by atoms with van der Waals surface area (Å²) in [6.45, 7) is -0.827. The molecule has 0 aliphatic rings. The number of amides is 3. The number of nitrogens with two attached hydrogens (primary N) is 3. The van der Waals surface area contributed by atoms with Crippen molar-refractivity contribution in [2.24, 2.45) is 17.2 Å². The Balaban J connectivity index is 5.09. The molecule has 0 aliphatic carbocycles. The van der Waals surface area contributed by atoms with Crippen LogP contribution in [0.3, 0.4) is 0 Å². The van der Waals surface area contributed by atoms with Gasteiger partial charge in [0, 0.05) is 0 Å². The van der Waals surface area contributed by atoms with Crippen molar-refractivity contribution < 1.29 is 34.5 Å². The summed E-state index contributed by atoms with van der Waals surface area (Å²) in [4.78, 5) is 48.1. The normalized spacial score (nSPS) is 14.7. The molecule has 0 saturated heterocycles. The monoisotopic (exact) mass is 448 g/mol. The van der Waals surface area contributed by atoms with Crippen molar-refractivity contribution in [2.75, 3.05) is 26.3 Å². The Morgan fingerprint density at radius 2 is 1.13 bits per heavy atom. The molecular formula is C18H36N6O7. The van der Waals surface area contributed by atoms with Gasteiger partial charge < -0.3 is 48.5 Å². The Hall–Kier alpha value is -2.32. The van der Waals surface area contributed by atoms with Crippen LogP contribution in [0, 0.1) is 0 Å². The molecule has 31 heavy (non-hydrogen) atoms. The summed E-state index contributed by atoms with van der Waals surface area (Å²) >= 11 is 0. The molecule has 13 heteroatoms. The molecule has 0 rings (SSSR count). The van der Waals surface area contributed by atoms with Gasteiger partial charge in [-0.25, -0.2) is 4.79 Å². The van der Waals surface area contributed by atoms with Gasteiger partial charge in [-0.3, -0.25) is 14.4 Å². The highest BCUT2D eigenvalue weighted by Gasteiger charge is 2.29. The van der Waals surface area contributed by atoms with Gasteiger partial charge in [0.15, 0.2) is 0 Å². The van der Waals surface area contributed by atoms with Crippen LogP contribution >= 0.6 is 0 Å². The van der Waals surface area contributed by atoms with E-state index in [2.05, 4.69) is 10.6 Å². The maximum absolute atomic E-state index is 12.6. The van der Waals surface area contributed by atoms with Crippen molar-refractivity contribution in [1.82, 2.24) is 16.0 Å². The number of nitrogens with one attached hydrogen (secondary N) is 3. The lowest BCUT2D eigenvalue weighted by Gasteiger charge is -2.24. The Morgan fingerprint density at radius 3 is 1.61 bits per heavy atom. The highest BCUT2D eigenvalue weighted by molar-refractivity contribution is 5.94. The van der Waals surface area contributed by atoms with Crippen molar-refractivity contribution in [3.8, 4) is 0 Å². The standard InChI is InChI=1S/C18H36N6O7/c19-7-3-1-5-11(21)15(27)22-12(6-2-4-8-20)16(28)23-13(9-25)17(29)24-14(10-26)18(30)31/h11-14,25-26H,1-10,19-21H2,(H,22,27)(H,23,28)(H,24,29)(H,30,31). The molecule has 180 valence electrons. The van der Waals surface area contributed by atoms with E-state index < -0.39 is 61.1 Å². The number of carboxylic acid groups (broad SMARTS) is 1. The predicted molar refractivity (Wildman–Crippen MR) is 111 cm³/mol. The van der Waals surface area contributed by atoms with E-state index >= 15 is 0 Å². The van der Waals surface area contributed by atoms with Gasteiger partial charge in [0.1, 0.15) is 18.1 Å². The summed E-state index contributed by atoms with van der Waals surface area (Å²) in [6.07, 6.45) is 3.08. The highest BCUT2D eigenvalue weighted by Crippen LogP contribution is 2.04. The smallest absolute Gasteiger partial charge is 0.328 e. The van der Waals surface area contributed by atoms with Crippen LogP contribution in [-0.4, -0.2) is 89.5 Å². The molecule has 0 radical (unpaired) electrons. The lowest BCUT2D eigenvalue weighted by molar-refractivity contribution is -0.143. The fourth-order valence-corrected chi connectivity index (χ4v) is 2.60. The molecule has 3 amide bonds. The lowest BCUT2D eigenvalue weighted by atomic mass is 10.1. The van der Waals surface area contributed by atoms with Gasteiger partial charge in [-0.15, -0.1) is 0 Å². The molecule has 12 N–H and O–H groups in total. The van der Waals surface area contributed by atoms with Gasteiger partial charge >= 0.3 is 5.97 Å². The molecule has 0 aromatic carbocycles. The Morgan fingerprint density at radius 1 is 0.677 bits per heavy atom. The van der Waals surface area contributed by atoms with Crippen LogP contribution in [0.15, 0.2) is 0 Å². The maximum Gasteiger partial charge on any atom is 0.328 e. The second-order valence-electron chi connectivity index (χ2n) is 7.06. The van der Waals surface area contributed by atoms with Crippen molar-refractivity contribution in [2.45, 2.75) is 62.7 Å². The van der Waals surface area contributed by atoms with E-state index in [-0.39, 0.29) is 6.42 Å². The minimum Gasteiger partial charge on any atom is -0.480 e. The molecule has 4 atom stereocenters. The summed E-state index contributed by atoms with van der Waals surface area (Å²) in [7, 11) is 0. The van der Waals surface area contributed by atoms with Crippen LogP contribution in [0.1, 0.15) is 38.5 Å². The van der Waals surface area contributed by atoms with Crippen LogP contribution in [0.2, 0.25) is 0 Å². The third kappa shape index (κ3) is 11.6. The molecule has 0 heterocycles.